The molecule has 3 rings (SSSR count). The Morgan fingerprint density at radius 1 is 1.16 bits per heavy atom. The maximum absolute atomic E-state index is 12.9. The van der Waals surface area contributed by atoms with Crippen LogP contribution in [0.4, 0.5) is 0 Å². The monoisotopic (exact) mass is 344 g/mol. The summed E-state index contributed by atoms with van der Waals surface area (Å²) in [7, 11) is 3.01. The van der Waals surface area contributed by atoms with Crippen LogP contribution in [0.3, 0.4) is 0 Å². The first-order valence-corrected chi connectivity index (χ1v) is 7.89. The predicted molar refractivity (Wildman–Crippen MR) is 91.1 cm³/mol. The first kappa shape index (κ1) is 17.0. The van der Waals surface area contributed by atoms with E-state index in [4.69, 9.17) is 14.2 Å². The normalized spacial score (nSPS) is 16.1. The van der Waals surface area contributed by atoms with Crippen molar-refractivity contribution < 1.29 is 29.2 Å². The number of hydrogen-bond donors (Lipinski definition) is 2. The molecule has 0 bridgehead atoms. The Labute approximate surface area is 145 Å². The third-order valence-electron chi connectivity index (χ3n) is 4.48. The first-order valence-electron chi connectivity index (χ1n) is 7.89. The first-order chi connectivity index (χ1) is 12.0. The van der Waals surface area contributed by atoms with Gasteiger partial charge in [-0.2, -0.15) is 0 Å². The standard InChI is InChI=1S/C19H20O6/c1-10-14(23-2)8-16-17(18(10)21)19(22)12(9-25-16)6-11-4-5-13(20)7-15(11)24-3/h4-5,7-8,12,20-21H,6,9H2,1-3H3. The number of hydrogen-bond acceptors (Lipinski definition) is 6. The lowest BCUT2D eigenvalue weighted by Crippen LogP contribution is -2.30. The van der Waals surface area contributed by atoms with E-state index in [1.165, 1.54) is 20.3 Å². The van der Waals surface area contributed by atoms with Crippen LogP contribution in [0.1, 0.15) is 21.5 Å². The van der Waals surface area contributed by atoms with E-state index in [-0.39, 0.29) is 29.5 Å². The second-order valence-electron chi connectivity index (χ2n) is 6.00. The van der Waals surface area contributed by atoms with Crippen molar-refractivity contribution in [2.24, 2.45) is 5.92 Å². The van der Waals surface area contributed by atoms with Gasteiger partial charge in [-0.3, -0.25) is 4.79 Å². The van der Waals surface area contributed by atoms with Gasteiger partial charge in [0.2, 0.25) is 0 Å². The molecule has 0 radical (unpaired) electrons. The molecular weight excluding hydrogens is 324 g/mol. The average Bonchev–Trinajstić information content (AvgIpc) is 2.61. The number of Topliss-reactive ketones (excluding diaryl/α,β-unsaturated/α-hetero) is 1. The van der Waals surface area contributed by atoms with E-state index in [1.54, 1.807) is 25.1 Å². The van der Waals surface area contributed by atoms with Crippen molar-refractivity contribution >= 4 is 5.78 Å². The fraction of sp³-hybridized carbons (Fsp3) is 0.316. The summed E-state index contributed by atoms with van der Waals surface area (Å²) in [6.07, 6.45) is 0.381. The summed E-state index contributed by atoms with van der Waals surface area (Å²) in [6, 6.07) is 6.39. The molecule has 0 saturated heterocycles. The number of fused-ring (bicyclic) bond motifs is 1. The molecule has 0 fully saturated rings. The van der Waals surface area contributed by atoms with Gasteiger partial charge in [-0.25, -0.2) is 0 Å². The maximum Gasteiger partial charge on any atom is 0.177 e. The molecule has 2 N–H and O–H groups in total. The molecule has 132 valence electrons. The highest BCUT2D eigenvalue weighted by Crippen LogP contribution is 2.42. The van der Waals surface area contributed by atoms with Crippen LogP contribution in [0.15, 0.2) is 24.3 Å². The van der Waals surface area contributed by atoms with Crippen molar-refractivity contribution in [2.75, 3.05) is 20.8 Å². The molecule has 1 aliphatic heterocycles. The van der Waals surface area contributed by atoms with Gasteiger partial charge in [-0.15, -0.1) is 0 Å². The van der Waals surface area contributed by atoms with Crippen LogP contribution in [-0.2, 0) is 6.42 Å². The number of rotatable bonds is 4. The molecule has 0 aliphatic carbocycles. The van der Waals surface area contributed by atoms with E-state index in [2.05, 4.69) is 0 Å². The van der Waals surface area contributed by atoms with E-state index in [9.17, 15) is 15.0 Å². The zero-order valence-corrected chi connectivity index (χ0v) is 14.3. The summed E-state index contributed by atoms with van der Waals surface area (Å²) in [5.74, 6) is 0.666. The van der Waals surface area contributed by atoms with Crippen LogP contribution in [0.25, 0.3) is 0 Å². The molecule has 0 saturated carbocycles. The number of methoxy groups -OCH3 is 2. The molecule has 1 atom stereocenters. The van der Waals surface area contributed by atoms with E-state index < -0.39 is 5.92 Å². The van der Waals surface area contributed by atoms with Crippen LogP contribution in [0.2, 0.25) is 0 Å². The number of phenols is 2. The lowest BCUT2D eigenvalue weighted by Gasteiger charge is -2.26. The molecule has 0 amide bonds. The Morgan fingerprint density at radius 2 is 1.88 bits per heavy atom. The summed E-state index contributed by atoms with van der Waals surface area (Å²) in [5, 5.41) is 20.0. The Morgan fingerprint density at radius 3 is 2.56 bits per heavy atom. The Balaban J connectivity index is 1.94. The number of aromatic hydroxyl groups is 2. The molecule has 2 aromatic rings. The van der Waals surface area contributed by atoms with Gasteiger partial charge in [0.25, 0.3) is 0 Å². The van der Waals surface area contributed by atoms with Crippen molar-refractivity contribution in [1.29, 1.82) is 0 Å². The second kappa shape index (κ2) is 6.55. The van der Waals surface area contributed by atoms with Gasteiger partial charge in [0.15, 0.2) is 5.78 Å². The fourth-order valence-electron chi connectivity index (χ4n) is 3.07. The van der Waals surface area contributed by atoms with Crippen molar-refractivity contribution in [2.45, 2.75) is 13.3 Å². The predicted octanol–water partition coefficient (Wildman–Crippen LogP) is 2.86. The molecule has 1 unspecified atom stereocenters. The number of ketones is 1. The SMILES string of the molecule is COc1cc(O)ccc1CC1COc2cc(OC)c(C)c(O)c2C1=O. The summed E-state index contributed by atoms with van der Waals surface area (Å²) in [5.41, 5.74) is 1.48. The highest BCUT2D eigenvalue weighted by Gasteiger charge is 2.34. The third-order valence-corrected chi connectivity index (χ3v) is 4.48. The number of phenolic OH excluding ortho intramolecular Hbond substituents is 2. The minimum Gasteiger partial charge on any atom is -0.508 e. The number of ether oxygens (including phenoxy) is 3. The summed E-state index contributed by atoms with van der Waals surface area (Å²) < 4.78 is 16.2. The van der Waals surface area contributed by atoms with Gasteiger partial charge >= 0.3 is 0 Å². The Bertz CT molecular complexity index is 827. The maximum atomic E-state index is 12.9. The molecule has 0 spiro atoms. The fourth-order valence-corrected chi connectivity index (χ4v) is 3.07. The minimum atomic E-state index is -0.454. The van der Waals surface area contributed by atoms with E-state index in [1.807, 2.05) is 0 Å². The van der Waals surface area contributed by atoms with Gasteiger partial charge in [-0.05, 0) is 25.0 Å². The van der Waals surface area contributed by atoms with Crippen LogP contribution in [-0.4, -0.2) is 36.8 Å². The Kier molecular flexibility index (Phi) is 4.44. The molecule has 25 heavy (non-hydrogen) atoms. The van der Waals surface area contributed by atoms with Crippen LogP contribution in [0, 0.1) is 12.8 Å². The van der Waals surface area contributed by atoms with Gasteiger partial charge in [-0.1, -0.05) is 6.07 Å². The smallest absolute Gasteiger partial charge is 0.177 e. The Hall–Kier alpha value is -2.89. The summed E-state index contributed by atoms with van der Waals surface area (Å²) in [6.45, 7) is 1.88. The molecular formula is C19H20O6. The quantitative estimate of drug-likeness (QED) is 0.887. The van der Waals surface area contributed by atoms with Crippen molar-refractivity contribution in [1.82, 2.24) is 0 Å². The molecule has 1 aliphatic rings. The van der Waals surface area contributed by atoms with E-state index >= 15 is 0 Å². The van der Waals surface area contributed by atoms with Crippen LogP contribution < -0.4 is 14.2 Å². The number of benzene rings is 2. The lowest BCUT2D eigenvalue weighted by atomic mass is 9.88. The number of carbonyl (C=O) groups excluding carboxylic acids is 1. The third kappa shape index (κ3) is 2.95. The zero-order chi connectivity index (χ0) is 18.1. The van der Waals surface area contributed by atoms with Gasteiger partial charge in [0, 0.05) is 17.7 Å². The highest BCUT2D eigenvalue weighted by atomic mass is 16.5. The second-order valence-corrected chi connectivity index (χ2v) is 6.00. The summed E-state index contributed by atoms with van der Waals surface area (Å²) in [4.78, 5) is 12.9. The van der Waals surface area contributed by atoms with E-state index in [0.717, 1.165) is 5.56 Å². The highest BCUT2D eigenvalue weighted by molar-refractivity contribution is 6.04. The van der Waals surface area contributed by atoms with Crippen LogP contribution >= 0.6 is 0 Å². The molecule has 1 heterocycles. The van der Waals surface area contributed by atoms with Crippen molar-refractivity contribution in [3.63, 3.8) is 0 Å². The molecule has 0 aromatic heterocycles. The summed E-state index contributed by atoms with van der Waals surface area (Å²) >= 11 is 0. The molecule has 6 nitrogen and oxygen atoms in total. The number of carbonyl (C=O) groups is 1. The van der Waals surface area contributed by atoms with Crippen LogP contribution in [0.5, 0.6) is 28.7 Å². The lowest BCUT2D eigenvalue weighted by molar-refractivity contribution is 0.0825. The van der Waals surface area contributed by atoms with Gasteiger partial charge < -0.3 is 24.4 Å². The molecule has 2 aromatic carbocycles. The van der Waals surface area contributed by atoms with Gasteiger partial charge in [0.1, 0.15) is 34.3 Å². The zero-order valence-electron chi connectivity index (χ0n) is 14.3. The largest absolute Gasteiger partial charge is 0.508 e. The topological polar surface area (TPSA) is 85.2 Å². The van der Waals surface area contributed by atoms with Crippen molar-refractivity contribution in [3.8, 4) is 28.7 Å². The van der Waals surface area contributed by atoms with Crippen molar-refractivity contribution in [3.05, 3.63) is 41.0 Å². The van der Waals surface area contributed by atoms with E-state index in [0.29, 0.717) is 29.2 Å². The average molecular weight is 344 g/mol. The minimum absolute atomic E-state index is 0.0949. The molecule has 6 heteroatoms. The van der Waals surface area contributed by atoms with Gasteiger partial charge in [0.05, 0.1) is 26.7 Å².